The van der Waals surface area contributed by atoms with E-state index in [0.29, 0.717) is 12.6 Å². The highest BCUT2D eigenvalue weighted by atomic mass is 32.1. The summed E-state index contributed by atoms with van der Waals surface area (Å²) in [7, 11) is 0. The van der Waals surface area contributed by atoms with Gasteiger partial charge in [0.2, 0.25) is 0 Å². The molecule has 8 heteroatoms. The van der Waals surface area contributed by atoms with E-state index in [0.717, 1.165) is 49.3 Å². The second-order valence-electron chi connectivity index (χ2n) is 6.95. The highest BCUT2D eigenvalue weighted by Crippen LogP contribution is 2.28. The van der Waals surface area contributed by atoms with Crippen LogP contribution >= 0.6 is 11.3 Å². The second kappa shape index (κ2) is 7.21. The minimum absolute atomic E-state index is 0.488. The van der Waals surface area contributed by atoms with E-state index in [1.54, 1.807) is 11.3 Å². The fourth-order valence-electron chi connectivity index (χ4n) is 3.84. The first-order valence-electron chi connectivity index (χ1n) is 9.27. The molecule has 1 aliphatic heterocycles. The molecule has 138 valence electrons. The second-order valence-corrected chi connectivity index (χ2v) is 7.93. The lowest BCUT2D eigenvalue weighted by atomic mass is 9.96. The van der Waals surface area contributed by atoms with Gasteiger partial charge in [0.1, 0.15) is 23.0 Å². The van der Waals surface area contributed by atoms with E-state index in [1.165, 1.54) is 5.01 Å². The van der Waals surface area contributed by atoms with Gasteiger partial charge in [0, 0.05) is 29.9 Å². The Morgan fingerprint density at radius 1 is 1.07 bits per heavy atom. The van der Waals surface area contributed by atoms with Crippen LogP contribution in [0.2, 0.25) is 0 Å². The number of nitrogens with zero attached hydrogens (tertiary/aromatic N) is 7. The van der Waals surface area contributed by atoms with Crippen molar-refractivity contribution < 1.29 is 0 Å². The molecule has 0 amide bonds. The maximum Gasteiger partial charge on any atom is 0.119 e. The van der Waals surface area contributed by atoms with Gasteiger partial charge in [-0.2, -0.15) is 0 Å². The Hall–Kier alpha value is -2.58. The monoisotopic (exact) mass is 379 g/mol. The molecule has 0 radical (unpaired) electrons. The lowest BCUT2D eigenvalue weighted by molar-refractivity contribution is 0.199. The summed E-state index contributed by atoms with van der Waals surface area (Å²) < 4.78 is 4.15. The normalized spacial score (nSPS) is 16.3. The summed E-state index contributed by atoms with van der Waals surface area (Å²) in [5.74, 6) is 1.64. The number of aromatic nitrogens is 6. The van der Waals surface area contributed by atoms with Crippen molar-refractivity contribution in [2.75, 3.05) is 13.1 Å². The average molecular weight is 379 g/mol. The predicted molar refractivity (Wildman–Crippen MR) is 105 cm³/mol. The maximum absolute atomic E-state index is 4.67. The first kappa shape index (κ1) is 16.6. The van der Waals surface area contributed by atoms with Gasteiger partial charge in [-0.1, -0.05) is 17.3 Å². The van der Waals surface area contributed by atoms with E-state index < -0.39 is 0 Å². The van der Waals surface area contributed by atoms with Crippen molar-refractivity contribution in [1.82, 2.24) is 34.4 Å². The van der Waals surface area contributed by atoms with E-state index in [9.17, 15) is 0 Å². The quantitative estimate of drug-likeness (QED) is 0.533. The van der Waals surface area contributed by atoms with Gasteiger partial charge in [-0.3, -0.25) is 4.90 Å². The van der Waals surface area contributed by atoms with Crippen molar-refractivity contribution in [3.05, 3.63) is 59.1 Å². The van der Waals surface area contributed by atoms with Crippen LogP contribution in [0.25, 0.3) is 11.0 Å². The number of benzene rings is 1. The van der Waals surface area contributed by atoms with Gasteiger partial charge in [-0.25, -0.2) is 14.6 Å². The van der Waals surface area contributed by atoms with E-state index >= 15 is 0 Å². The smallest absolute Gasteiger partial charge is 0.119 e. The third kappa shape index (κ3) is 3.38. The van der Waals surface area contributed by atoms with Crippen LogP contribution in [0.1, 0.15) is 29.6 Å². The molecule has 5 rings (SSSR count). The zero-order valence-electron chi connectivity index (χ0n) is 15.0. The van der Waals surface area contributed by atoms with Gasteiger partial charge in [-0.05, 0) is 38.1 Å². The Kier molecular flexibility index (Phi) is 4.43. The molecule has 1 fully saturated rings. The number of fused-ring (bicyclic) bond motifs is 1. The number of imidazole rings is 1. The van der Waals surface area contributed by atoms with Gasteiger partial charge in [0.15, 0.2) is 0 Å². The molecular formula is C19H21N7S. The first-order chi connectivity index (χ1) is 13.4. The van der Waals surface area contributed by atoms with E-state index in [1.807, 2.05) is 46.9 Å². The van der Waals surface area contributed by atoms with Crippen molar-refractivity contribution in [3.8, 4) is 0 Å². The molecule has 0 bridgehead atoms. The molecule has 27 heavy (non-hydrogen) atoms. The summed E-state index contributed by atoms with van der Waals surface area (Å²) in [6.07, 6.45) is 8.09. The summed E-state index contributed by atoms with van der Waals surface area (Å²) >= 11 is 1.74. The SMILES string of the molecule is c1ccc2c(c1)nnn2Cn1ccnc1C1CCN(Cc2nccs2)CC1. The molecule has 3 aromatic heterocycles. The molecule has 7 nitrogen and oxygen atoms in total. The molecule has 4 heterocycles. The minimum Gasteiger partial charge on any atom is -0.314 e. The highest BCUT2D eigenvalue weighted by molar-refractivity contribution is 7.09. The average Bonchev–Trinajstić information content (AvgIpc) is 3.45. The van der Waals surface area contributed by atoms with Crippen LogP contribution in [0.3, 0.4) is 0 Å². The van der Waals surface area contributed by atoms with Crippen molar-refractivity contribution in [2.24, 2.45) is 0 Å². The van der Waals surface area contributed by atoms with E-state index in [4.69, 9.17) is 0 Å². The van der Waals surface area contributed by atoms with Crippen LogP contribution < -0.4 is 0 Å². The Morgan fingerprint density at radius 3 is 2.81 bits per heavy atom. The molecule has 0 saturated carbocycles. The number of thiazole rings is 1. The van der Waals surface area contributed by atoms with Crippen LogP contribution in [0.15, 0.2) is 48.2 Å². The van der Waals surface area contributed by atoms with Gasteiger partial charge >= 0.3 is 0 Å². The third-order valence-electron chi connectivity index (χ3n) is 5.25. The van der Waals surface area contributed by atoms with Crippen LogP contribution in [0, 0.1) is 0 Å². The van der Waals surface area contributed by atoms with Crippen LogP contribution in [-0.2, 0) is 13.2 Å². The molecule has 0 aliphatic carbocycles. The Labute approximate surface area is 161 Å². The topological polar surface area (TPSA) is 64.7 Å². The molecule has 4 aromatic rings. The first-order valence-corrected chi connectivity index (χ1v) is 10.1. The number of para-hydroxylation sites is 1. The van der Waals surface area contributed by atoms with Crippen LogP contribution in [-0.4, -0.2) is 47.5 Å². The zero-order chi connectivity index (χ0) is 18.1. The summed E-state index contributed by atoms with van der Waals surface area (Å²) in [6, 6.07) is 8.06. The number of piperidine rings is 1. The van der Waals surface area contributed by atoms with Crippen LogP contribution in [0.4, 0.5) is 0 Å². The minimum atomic E-state index is 0.488. The van der Waals surface area contributed by atoms with Crippen molar-refractivity contribution in [3.63, 3.8) is 0 Å². The maximum atomic E-state index is 4.67. The summed E-state index contributed by atoms with van der Waals surface area (Å²) in [5, 5.41) is 11.8. The lowest BCUT2D eigenvalue weighted by Crippen LogP contribution is -2.33. The largest absolute Gasteiger partial charge is 0.314 e. The molecule has 1 aliphatic rings. The molecule has 0 N–H and O–H groups in total. The van der Waals surface area contributed by atoms with Gasteiger partial charge in [0.25, 0.3) is 0 Å². The van der Waals surface area contributed by atoms with E-state index in [-0.39, 0.29) is 0 Å². The number of hydrogen-bond acceptors (Lipinski definition) is 6. The molecule has 0 spiro atoms. The highest BCUT2D eigenvalue weighted by Gasteiger charge is 2.24. The summed E-state index contributed by atoms with van der Waals surface area (Å²) in [5.41, 5.74) is 1.98. The predicted octanol–water partition coefficient (Wildman–Crippen LogP) is 2.97. The molecule has 1 aromatic carbocycles. The third-order valence-corrected chi connectivity index (χ3v) is 6.01. The molecule has 0 atom stereocenters. The summed E-state index contributed by atoms with van der Waals surface area (Å²) in [4.78, 5) is 11.6. The molecule has 0 unspecified atom stereocenters. The number of hydrogen-bond donors (Lipinski definition) is 0. The van der Waals surface area contributed by atoms with Crippen molar-refractivity contribution in [1.29, 1.82) is 0 Å². The van der Waals surface area contributed by atoms with Crippen molar-refractivity contribution in [2.45, 2.75) is 32.0 Å². The van der Waals surface area contributed by atoms with Gasteiger partial charge < -0.3 is 4.57 Å². The standard InChI is InChI=1S/C19H21N7S/c1-2-4-17-16(3-1)22-23-26(17)14-25-11-7-21-19(25)15-5-9-24(10-6-15)13-18-20-8-12-27-18/h1-4,7-8,11-12,15H,5-6,9-10,13-14H2. The Balaban J connectivity index is 1.28. The molecular weight excluding hydrogens is 358 g/mol. The van der Waals surface area contributed by atoms with Gasteiger partial charge in [-0.15, -0.1) is 16.4 Å². The van der Waals surface area contributed by atoms with Crippen molar-refractivity contribution >= 4 is 22.4 Å². The number of rotatable bonds is 5. The summed E-state index contributed by atoms with van der Waals surface area (Å²) in [6.45, 7) is 3.78. The molecule has 1 saturated heterocycles. The van der Waals surface area contributed by atoms with E-state index in [2.05, 4.69) is 35.8 Å². The number of likely N-dealkylation sites (tertiary alicyclic amines) is 1. The fraction of sp³-hybridized carbons (Fsp3) is 0.368. The Morgan fingerprint density at radius 2 is 1.96 bits per heavy atom. The van der Waals surface area contributed by atoms with Crippen LogP contribution in [0.5, 0.6) is 0 Å². The lowest BCUT2D eigenvalue weighted by Gasteiger charge is -2.31. The van der Waals surface area contributed by atoms with Gasteiger partial charge in [0.05, 0.1) is 12.1 Å². The Bertz CT molecular complexity index is 1010. The zero-order valence-corrected chi connectivity index (χ0v) is 15.8. The fourth-order valence-corrected chi connectivity index (χ4v) is 4.50.